The highest BCUT2D eigenvalue weighted by Crippen LogP contribution is 2.38. The standard InChI is InChI=1S/C13H24N2O3S/c1-11(9-14)12(16)15-7-8-19(17,18)13(10-15)5-3-2-4-6-13/h11H,2-10,14H2,1H3. The van der Waals surface area contributed by atoms with Gasteiger partial charge in [-0.25, -0.2) is 8.42 Å². The molecule has 0 aromatic carbocycles. The van der Waals surface area contributed by atoms with E-state index in [2.05, 4.69) is 0 Å². The van der Waals surface area contributed by atoms with Crippen LogP contribution in [0.4, 0.5) is 0 Å². The van der Waals surface area contributed by atoms with Crippen molar-refractivity contribution in [2.45, 2.75) is 43.8 Å². The summed E-state index contributed by atoms with van der Waals surface area (Å²) in [6.45, 7) is 2.82. The first-order valence-electron chi connectivity index (χ1n) is 7.13. The lowest BCUT2D eigenvalue weighted by molar-refractivity contribution is -0.135. The molecule has 0 bridgehead atoms. The summed E-state index contributed by atoms with van der Waals surface area (Å²) in [4.78, 5) is 13.9. The topological polar surface area (TPSA) is 80.5 Å². The Morgan fingerprint density at radius 2 is 1.95 bits per heavy atom. The predicted molar refractivity (Wildman–Crippen MR) is 74.4 cm³/mol. The summed E-state index contributed by atoms with van der Waals surface area (Å²) in [5, 5.41) is 0. The minimum absolute atomic E-state index is 0.00217. The number of carbonyl (C=O) groups excluding carboxylic acids is 1. The van der Waals surface area contributed by atoms with E-state index in [0.29, 0.717) is 32.5 Å². The van der Waals surface area contributed by atoms with Gasteiger partial charge in [0.2, 0.25) is 5.91 Å². The van der Waals surface area contributed by atoms with E-state index in [1.807, 2.05) is 0 Å². The maximum Gasteiger partial charge on any atom is 0.226 e. The van der Waals surface area contributed by atoms with Gasteiger partial charge in [-0.2, -0.15) is 0 Å². The highest BCUT2D eigenvalue weighted by molar-refractivity contribution is 7.92. The number of hydrogen-bond donors (Lipinski definition) is 1. The molecule has 6 heteroatoms. The van der Waals surface area contributed by atoms with E-state index in [1.165, 1.54) is 0 Å². The zero-order valence-corrected chi connectivity index (χ0v) is 12.4. The molecule has 1 atom stereocenters. The Kier molecular flexibility index (Phi) is 4.20. The van der Waals surface area contributed by atoms with Gasteiger partial charge >= 0.3 is 0 Å². The molecule has 0 aromatic heterocycles. The highest BCUT2D eigenvalue weighted by atomic mass is 32.2. The number of amides is 1. The van der Waals surface area contributed by atoms with Crippen LogP contribution in [0.25, 0.3) is 0 Å². The second kappa shape index (κ2) is 5.40. The molecule has 19 heavy (non-hydrogen) atoms. The van der Waals surface area contributed by atoms with Crippen LogP contribution in [-0.2, 0) is 14.6 Å². The molecular formula is C13H24N2O3S. The smallest absolute Gasteiger partial charge is 0.226 e. The van der Waals surface area contributed by atoms with Gasteiger partial charge in [-0.05, 0) is 12.8 Å². The second-order valence-corrected chi connectivity index (χ2v) is 8.46. The van der Waals surface area contributed by atoms with E-state index in [0.717, 1.165) is 19.3 Å². The van der Waals surface area contributed by atoms with E-state index >= 15 is 0 Å². The van der Waals surface area contributed by atoms with Gasteiger partial charge in [-0.1, -0.05) is 26.2 Å². The van der Waals surface area contributed by atoms with Crippen molar-refractivity contribution in [1.29, 1.82) is 0 Å². The summed E-state index contributed by atoms with van der Waals surface area (Å²) < 4.78 is 24.1. The van der Waals surface area contributed by atoms with Crippen LogP contribution < -0.4 is 5.73 Å². The fourth-order valence-electron chi connectivity index (χ4n) is 3.24. The molecule has 1 spiro atoms. The summed E-state index contributed by atoms with van der Waals surface area (Å²) in [5.74, 6) is -0.112. The number of hydrogen-bond acceptors (Lipinski definition) is 4. The number of sulfone groups is 1. The average molecular weight is 288 g/mol. The van der Waals surface area contributed by atoms with Crippen LogP contribution in [0.5, 0.6) is 0 Å². The molecule has 0 aromatic rings. The summed E-state index contributed by atoms with van der Waals surface area (Å²) in [6.07, 6.45) is 4.41. The summed E-state index contributed by atoms with van der Waals surface area (Å²) in [6, 6.07) is 0. The molecule has 2 N–H and O–H groups in total. The third-order valence-corrected chi connectivity index (χ3v) is 7.20. The van der Waals surface area contributed by atoms with E-state index in [4.69, 9.17) is 5.73 Å². The first-order chi connectivity index (χ1) is 8.92. The fraction of sp³-hybridized carbons (Fsp3) is 0.923. The molecule has 5 nitrogen and oxygen atoms in total. The molecule has 1 aliphatic heterocycles. The fourth-order valence-corrected chi connectivity index (χ4v) is 5.39. The Morgan fingerprint density at radius 3 is 2.53 bits per heavy atom. The molecule has 2 aliphatic rings. The van der Waals surface area contributed by atoms with Gasteiger partial charge in [-0.15, -0.1) is 0 Å². The lowest BCUT2D eigenvalue weighted by atomic mass is 9.87. The maximum absolute atomic E-state index is 12.4. The van der Waals surface area contributed by atoms with Crippen molar-refractivity contribution in [3.05, 3.63) is 0 Å². The zero-order chi connectivity index (χ0) is 14.1. The van der Waals surface area contributed by atoms with Crippen molar-refractivity contribution in [2.75, 3.05) is 25.4 Å². The number of nitrogens with two attached hydrogens (primary N) is 1. The van der Waals surface area contributed by atoms with Crippen molar-refractivity contribution in [2.24, 2.45) is 11.7 Å². The quantitative estimate of drug-likeness (QED) is 0.804. The molecule has 2 rings (SSSR count). The molecule has 1 saturated heterocycles. The SMILES string of the molecule is CC(CN)C(=O)N1CCS(=O)(=O)C2(CCCCC2)C1. The maximum atomic E-state index is 12.4. The Bertz CT molecular complexity index is 441. The van der Waals surface area contributed by atoms with Crippen LogP contribution in [0.15, 0.2) is 0 Å². The van der Waals surface area contributed by atoms with Crippen LogP contribution >= 0.6 is 0 Å². The molecule has 1 saturated carbocycles. The third-order valence-electron chi connectivity index (χ3n) is 4.62. The molecule has 1 amide bonds. The summed E-state index contributed by atoms with van der Waals surface area (Å²) in [5.41, 5.74) is 5.54. The predicted octanol–water partition coefficient (Wildman–Crippen LogP) is 0.541. The van der Waals surface area contributed by atoms with Crippen molar-refractivity contribution in [3.63, 3.8) is 0 Å². The van der Waals surface area contributed by atoms with Crippen LogP contribution in [0.3, 0.4) is 0 Å². The lowest BCUT2D eigenvalue weighted by Crippen LogP contribution is -2.59. The first-order valence-corrected chi connectivity index (χ1v) is 8.78. The minimum Gasteiger partial charge on any atom is -0.340 e. The zero-order valence-electron chi connectivity index (χ0n) is 11.6. The highest BCUT2D eigenvalue weighted by Gasteiger charge is 2.49. The molecule has 1 aliphatic carbocycles. The first kappa shape index (κ1) is 14.8. The van der Waals surface area contributed by atoms with Gasteiger partial charge in [-0.3, -0.25) is 4.79 Å². The lowest BCUT2D eigenvalue weighted by Gasteiger charge is -2.44. The Balaban J connectivity index is 2.19. The van der Waals surface area contributed by atoms with Crippen LogP contribution in [0, 0.1) is 5.92 Å². The molecular weight excluding hydrogens is 264 g/mol. The molecule has 110 valence electrons. The average Bonchev–Trinajstić information content (AvgIpc) is 2.41. The monoisotopic (exact) mass is 288 g/mol. The van der Waals surface area contributed by atoms with E-state index in [-0.39, 0.29) is 17.6 Å². The molecule has 2 fully saturated rings. The Morgan fingerprint density at radius 1 is 1.32 bits per heavy atom. The summed E-state index contributed by atoms with van der Waals surface area (Å²) >= 11 is 0. The largest absolute Gasteiger partial charge is 0.340 e. The van der Waals surface area contributed by atoms with Crippen molar-refractivity contribution in [1.82, 2.24) is 4.90 Å². The minimum atomic E-state index is -3.07. The van der Waals surface area contributed by atoms with Gasteiger partial charge in [0.1, 0.15) is 0 Å². The van der Waals surface area contributed by atoms with Gasteiger partial charge in [0, 0.05) is 25.6 Å². The molecule has 1 heterocycles. The van der Waals surface area contributed by atoms with Gasteiger partial charge in [0.15, 0.2) is 9.84 Å². The summed E-state index contributed by atoms with van der Waals surface area (Å²) in [7, 11) is -3.07. The van der Waals surface area contributed by atoms with Gasteiger partial charge in [0.25, 0.3) is 0 Å². The van der Waals surface area contributed by atoms with Gasteiger partial charge in [0.05, 0.1) is 10.5 Å². The molecule has 0 radical (unpaired) electrons. The van der Waals surface area contributed by atoms with E-state index in [9.17, 15) is 13.2 Å². The van der Waals surface area contributed by atoms with Crippen molar-refractivity contribution in [3.8, 4) is 0 Å². The Hall–Kier alpha value is -0.620. The van der Waals surface area contributed by atoms with Crippen LogP contribution in [-0.4, -0.2) is 49.4 Å². The van der Waals surface area contributed by atoms with E-state index < -0.39 is 14.6 Å². The number of nitrogens with zero attached hydrogens (tertiary/aromatic N) is 1. The van der Waals surface area contributed by atoms with Crippen molar-refractivity contribution >= 4 is 15.7 Å². The second-order valence-electron chi connectivity index (χ2n) is 5.96. The van der Waals surface area contributed by atoms with Crippen LogP contribution in [0.2, 0.25) is 0 Å². The normalized spacial score (nSPS) is 27.2. The van der Waals surface area contributed by atoms with Crippen LogP contribution in [0.1, 0.15) is 39.0 Å². The van der Waals surface area contributed by atoms with E-state index in [1.54, 1.807) is 11.8 Å². The Labute approximate surface area is 115 Å². The number of carbonyl (C=O) groups is 1. The number of rotatable bonds is 2. The molecule has 1 unspecified atom stereocenters. The third kappa shape index (κ3) is 2.65. The van der Waals surface area contributed by atoms with Gasteiger partial charge < -0.3 is 10.6 Å². The van der Waals surface area contributed by atoms with Crippen molar-refractivity contribution < 1.29 is 13.2 Å².